The Labute approximate surface area is 165 Å². The van der Waals surface area contributed by atoms with Crippen LogP contribution in [0.15, 0.2) is 66.5 Å². The van der Waals surface area contributed by atoms with Crippen molar-refractivity contribution in [3.63, 3.8) is 0 Å². The fourth-order valence-electron chi connectivity index (χ4n) is 3.14. The zero-order valence-electron chi connectivity index (χ0n) is 15.4. The molecule has 1 aliphatic rings. The lowest BCUT2D eigenvalue weighted by molar-refractivity contribution is -0.132. The summed E-state index contributed by atoms with van der Waals surface area (Å²) >= 11 is 0. The number of nitrogens with one attached hydrogen (secondary N) is 2. The van der Waals surface area contributed by atoms with Gasteiger partial charge in [-0.25, -0.2) is 13.9 Å². The molecule has 0 unspecified atom stereocenters. The Kier molecular flexibility index (Phi) is 4.59. The van der Waals surface area contributed by atoms with Crippen molar-refractivity contribution < 1.29 is 19.1 Å². The van der Waals surface area contributed by atoms with E-state index in [1.165, 1.54) is 35.2 Å². The summed E-state index contributed by atoms with van der Waals surface area (Å²) in [5.74, 6) is -2.10. The molecule has 1 aliphatic heterocycles. The molecule has 8 heteroatoms. The highest BCUT2D eigenvalue weighted by molar-refractivity contribution is 6.08. The number of aliphatic carboxylic acids is 1. The number of para-hydroxylation sites is 1. The molecule has 2 heterocycles. The van der Waals surface area contributed by atoms with E-state index in [0.29, 0.717) is 0 Å². The van der Waals surface area contributed by atoms with Gasteiger partial charge < -0.3 is 15.7 Å². The van der Waals surface area contributed by atoms with Crippen molar-refractivity contribution in [1.82, 2.24) is 9.78 Å². The normalized spacial score (nSPS) is 15.1. The Bertz CT molecular complexity index is 1140. The number of nitrogens with zero attached hydrogens (tertiary/aromatic N) is 2. The van der Waals surface area contributed by atoms with E-state index < -0.39 is 23.7 Å². The number of carbonyl (C=O) groups excluding carboxylic acids is 1. The molecule has 0 spiro atoms. The van der Waals surface area contributed by atoms with E-state index in [2.05, 4.69) is 15.7 Å². The molecule has 0 aliphatic carbocycles. The maximum Gasteiger partial charge on any atom is 0.352 e. The zero-order valence-corrected chi connectivity index (χ0v) is 15.4. The van der Waals surface area contributed by atoms with Crippen molar-refractivity contribution >= 4 is 23.4 Å². The molecule has 0 saturated heterocycles. The number of carboxylic acid groups (broad SMARTS) is 1. The van der Waals surface area contributed by atoms with Crippen molar-refractivity contribution in [3.8, 4) is 0 Å². The SMILES string of the molecule is Cc1ccc([C@@H]2C=C(C(=O)O)Nc3c(C(=O)Nc4ccccc4F)cnn32)cc1. The lowest BCUT2D eigenvalue weighted by Crippen LogP contribution is -2.25. The van der Waals surface area contributed by atoms with Crippen LogP contribution >= 0.6 is 0 Å². The Morgan fingerprint density at radius 3 is 2.59 bits per heavy atom. The number of hydrogen-bond donors (Lipinski definition) is 3. The van der Waals surface area contributed by atoms with Crippen LogP contribution in [0.5, 0.6) is 0 Å². The first-order valence-electron chi connectivity index (χ1n) is 8.86. The van der Waals surface area contributed by atoms with Gasteiger partial charge in [-0.05, 0) is 30.7 Å². The molecule has 29 heavy (non-hydrogen) atoms. The molecule has 3 aromatic rings. The van der Waals surface area contributed by atoms with E-state index >= 15 is 0 Å². The number of rotatable bonds is 4. The quantitative estimate of drug-likeness (QED) is 0.631. The van der Waals surface area contributed by atoms with Crippen LogP contribution in [0.25, 0.3) is 0 Å². The van der Waals surface area contributed by atoms with Crippen LogP contribution in [0, 0.1) is 12.7 Å². The summed E-state index contributed by atoms with van der Waals surface area (Å²) in [5.41, 5.74) is 1.95. The van der Waals surface area contributed by atoms with Gasteiger partial charge in [0.05, 0.1) is 17.9 Å². The van der Waals surface area contributed by atoms with Gasteiger partial charge in [-0.1, -0.05) is 42.0 Å². The van der Waals surface area contributed by atoms with Gasteiger partial charge in [0.1, 0.15) is 22.9 Å². The standard InChI is InChI=1S/C21H17FN4O3/c1-12-6-8-13(9-7-12)18-10-17(21(28)29)24-19-14(11-23-26(18)19)20(27)25-16-5-3-2-4-15(16)22/h2-11,18,24H,1H3,(H,25,27)(H,28,29)/t18-/m0/s1. The Balaban J connectivity index is 1.73. The third kappa shape index (κ3) is 3.47. The number of hydrogen-bond acceptors (Lipinski definition) is 4. The summed E-state index contributed by atoms with van der Waals surface area (Å²) in [5, 5.41) is 19.0. The van der Waals surface area contributed by atoms with Gasteiger partial charge in [0, 0.05) is 0 Å². The smallest absolute Gasteiger partial charge is 0.352 e. The molecular weight excluding hydrogens is 375 g/mol. The molecule has 2 aromatic carbocycles. The van der Waals surface area contributed by atoms with E-state index in [9.17, 15) is 19.1 Å². The third-order valence-electron chi connectivity index (χ3n) is 4.65. The summed E-state index contributed by atoms with van der Waals surface area (Å²) < 4.78 is 15.4. The Morgan fingerprint density at radius 1 is 1.17 bits per heavy atom. The van der Waals surface area contributed by atoms with Crippen molar-refractivity contribution in [3.05, 3.63) is 89.0 Å². The number of anilines is 2. The predicted molar refractivity (Wildman–Crippen MR) is 105 cm³/mol. The Morgan fingerprint density at radius 2 is 1.90 bits per heavy atom. The first kappa shape index (κ1) is 18.4. The number of allylic oxidation sites excluding steroid dienone is 1. The number of halogens is 1. The first-order chi connectivity index (χ1) is 13.9. The van der Waals surface area contributed by atoms with Crippen molar-refractivity contribution in [1.29, 1.82) is 0 Å². The molecule has 7 nitrogen and oxygen atoms in total. The molecular formula is C21H17FN4O3. The average Bonchev–Trinajstić information content (AvgIpc) is 3.14. The fourth-order valence-corrected chi connectivity index (χ4v) is 3.14. The summed E-state index contributed by atoms with van der Waals surface area (Å²) in [7, 11) is 0. The van der Waals surface area contributed by atoms with Gasteiger partial charge in [0.15, 0.2) is 0 Å². The van der Waals surface area contributed by atoms with Crippen LogP contribution < -0.4 is 10.6 Å². The third-order valence-corrected chi connectivity index (χ3v) is 4.65. The van der Waals surface area contributed by atoms with Gasteiger partial charge in [-0.15, -0.1) is 0 Å². The van der Waals surface area contributed by atoms with Crippen LogP contribution in [0.3, 0.4) is 0 Å². The Hall–Kier alpha value is -3.94. The first-order valence-corrected chi connectivity index (χ1v) is 8.86. The van der Waals surface area contributed by atoms with E-state index in [1.54, 1.807) is 6.07 Å². The van der Waals surface area contributed by atoms with Crippen LogP contribution in [0.1, 0.15) is 27.5 Å². The summed E-state index contributed by atoms with van der Waals surface area (Å²) in [4.78, 5) is 24.3. The minimum absolute atomic E-state index is 0.0253. The van der Waals surface area contributed by atoms with Crippen molar-refractivity contribution in [2.24, 2.45) is 0 Å². The lowest BCUT2D eigenvalue weighted by atomic mass is 10.0. The van der Waals surface area contributed by atoms with Gasteiger partial charge >= 0.3 is 5.97 Å². The number of carboxylic acids is 1. The predicted octanol–water partition coefficient (Wildman–Crippen LogP) is 3.57. The van der Waals surface area contributed by atoms with Crippen molar-refractivity contribution in [2.75, 3.05) is 10.6 Å². The molecule has 1 atom stereocenters. The highest BCUT2D eigenvalue weighted by Crippen LogP contribution is 2.32. The summed E-state index contributed by atoms with van der Waals surface area (Å²) in [6, 6.07) is 12.9. The summed E-state index contributed by atoms with van der Waals surface area (Å²) in [6.45, 7) is 1.95. The molecule has 0 radical (unpaired) electrons. The van der Waals surface area contributed by atoms with E-state index in [0.717, 1.165) is 11.1 Å². The minimum Gasteiger partial charge on any atom is -0.477 e. The van der Waals surface area contributed by atoms with Crippen LogP contribution in [-0.4, -0.2) is 26.8 Å². The monoisotopic (exact) mass is 392 g/mol. The summed E-state index contributed by atoms with van der Waals surface area (Å²) in [6.07, 6.45) is 2.86. The van der Waals surface area contributed by atoms with Crippen molar-refractivity contribution in [2.45, 2.75) is 13.0 Å². The highest BCUT2D eigenvalue weighted by Gasteiger charge is 2.29. The number of benzene rings is 2. The van der Waals surface area contributed by atoms with Crippen LogP contribution in [0.4, 0.5) is 15.9 Å². The lowest BCUT2D eigenvalue weighted by Gasteiger charge is -2.24. The van der Waals surface area contributed by atoms with Gasteiger partial charge in [0.25, 0.3) is 5.91 Å². The topological polar surface area (TPSA) is 96.2 Å². The van der Waals surface area contributed by atoms with Crippen LogP contribution in [-0.2, 0) is 4.79 Å². The highest BCUT2D eigenvalue weighted by atomic mass is 19.1. The average molecular weight is 392 g/mol. The van der Waals surface area contributed by atoms with Crippen LogP contribution in [0.2, 0.25) is 0 Å². The fraction of sp³-hybridized carbons (Fsp3) is 0.0952. The molecule has 4 rings (SSSR count). The number of carbonyl (C=O) groups is 2. The minimum atomic E-state index is -1.16. The second-order valence-corrected chi connectivity index (χ2v) is 6.65. The second-order valence-electron chi connectivity index (χ2n) is 6.65. The molecule has 0 bridgehead atoms. The second kappa shape index (κ2) is 7.23. The number of aromatic nitrogens is 2. The molecule has 0 fully saturated rings. The molecule has 0 saturated carbocycles. The molecule has 1 amide bonds. The van der Waals surface area contributed by atoms with E-state index in [-0.39, 0.29) is 22.8 Å². The molecule has 1 aromatic heterocycles. The number of aryl methyl sites for hydroxylation is 1. The van der Waals surface area contributed by atoms with Gasteiger partial charge in [-0.3, -0.25) is 4.79 Å². The number of amides is 1. The number of fused-ring (bicyclic) bond motifs is 1. The van der Waals surface area contributed by atoms with E-state index in [1.807, 2.05) is 31.2 Å². The van der Waals surface area contributed by atoms with E-state index in [4.69, 9.17) is 0 Å². The van der Waals surface area contributed by atoms with Gasteiger partial charge in [0.2, 0.25) is 0 Å². The molecule has 146 valence electrons. The largest absolute Gasteiger partial charge is 0.477 e. The maximum atomic E-state index is 13.9. The molecule has 3 N–H and O–H groups in total. The maximum absolute atomic E-state index is 13.9. The van der Waals surface area contributed by atoms with Gasteiger partial charge in [-0.2, -0.15) is 5.10 Å². The zero-order chi connectivity index (χ0) is 20.5.